The number of carbonyl (C=O) groups excluding carboxylic acids is 2. The van der Waals surface area contributed by atoms with Crippen molar-refractivity contribution in [1.29, 1.82) is 0 Å². The number of amides is 1. The molecule has 5 nitrogen and oxygen atoms in total. The van der Waals surface area contributed by atoms with Gasteiger partial charge in [0, 0.05) is 12.1 Å². The van der Waals surface area contributed by atoms with Gasteiger partial charge in [-0.2, -0.15) is 0 Å². The maximum Gasteiger partial charge on any atom is 0.295 e. The lowest BCUT2D eigenvalue weighted by Gasteiger charge is -2.25. The Balaban J connectivity index is 1.54. The van der Waals surface area contributed by atoms with Gasteiger partial charge >= 0.3 is 0 Å². The fourth-order valence-electron chi connectivity index (χ4n) is 5.48. The molecule has 1 fully saturated rings. The molecule has 3 rings (SSSR count). The summed E-state index contributed by atoms with van der Waals surface area (Å²) in [5.74, 6) is -1.36. The molecule has 1 aliphatic heterocycles. The topological polar surface area (TPSA) is 66.8 Å². The molecule has 2 aromatic carbocycles. The van der Waals surface area contributed by atoms with Gasteiger partial charge in [-0.05, 0) is 48.4 Å². The van der Waals surface area contributed by atoms with Crippen LogP contribution >= 0.6 is 0 Å². The second-order valence-electron chi connectivity index (χ2n) is 10.9. The predicted molar refractivity (Wildman–Crippen MR) is 159 cm³/mol. The number of likely N-dealkylation sites (tertiary alicyclic amines) is 1. The predicted octanol–water partition coefficient (Wildman–Crippen LogP) is 8.74. The van der Waals surface area contributed by atoms with Crippen molar-refractivity contribution in [3.05, 3.63) is 71.0 Å². The van der Waals surface area contributed by atoms with Crippen LogP contribution in [0.5, 0.6) is 5.75 Å². The molecule has 2 aromatic rings. The van der Waals surface area contributed by atoms with Gasteiger partial charge in [-0.3, -0.25) is 9.59 Å². The number of Topliss-reactive ketones (excluding diaryl/α,β-unsaturated/α-hetero) is 1. The number of hydrogen-bond acceptors (Lipinski definition) is 4. The summed E-state index contributed by atoms with van der Waals surface area (Å²) >= 11 is 0. The summed E-state index contributed by atoms with van der Waals surface area (Å²) < 4.78 is 18.9. The first-order chi connectivity index (χ1) is 19.5. The zero-order chi connectivity index (χ0) is 28.7. The Kier molecular flexibility index (Phi) is 13.2. The molecule has 0 aliphatic carbocycles. The fraction of sp³-hybridized carbons (Fsp3) is 0.529. The van der Waals surface area contributed by atoms with E-state index in [1.165, 1.54) is 87.7 Å². The van der Waals surface area contributed by atoms with Gasteiger partial charge in [0.15, 0.2) is 0 Å². The quantitative estimate of drug-likeness (QED) is 0.0870. The second-order valence-corrected chi connectivity index (χ2v) is 10.9. The molecule has 40 heavy (non-hydrogen) atoms. The summed E-state index contributed by atoms with van der Waals surface area (Å²) in [5.41, 5.74) is 1.05. The van der Waals surface area contributed by atoms with Crippen molar-refractivity contribution < 1.29 is 23.8 Å². The standard InChI is InChI=1S/C34H46FNO4/c1-3-4-5-6-7-8-9-10-11-12-13-14-15-16-25-36-31(26-17-21-28(35)22-18-26)30(33(38)34(36)39)32(37)27-19-23-29(40-2)24-20-27/h17-24,31,37H,3-16,25H2,1-2H3/t31-/m0/s1. The number of carbonyl (C=O) groups is 2. The molecule has 0 bridgehead atoms. The number of benzene rings is 2. The van der Waals surface area contributed by atoms with Crippen LogP contribution in [0.3, 0.4) is 0 Å². The van der Waals surface area contributed by atoms with Crippen LogP contribution in [0, 0.1) is 5.82 Å². The zero-order valence-corrected chi connectivity index (χ0v) is 24.3. The molecule has 218 valence electrons. The molecule has 0 unspecified atom stereocenters. The molecule has 0 saturated carbocycles. The summed E-state index contributed by atoms with van der Waals surface area (Å²) in [7, 11) is 1.55. The van der Waals surface area contributed by atoms with Crippen molar-refractivity contribution in [2.45, 2.75) is 103 Å². The number of methoxy groups -OCH3 is 1. The van der Waals surface area contributed by atoms with Crippen LogP contribution in [0.2, 0.25) is 0 Å². The van der Waals surface area contributed by atoms with E-state index in [2.05, 4.69) is 6.92 Å². The van der Waals surface area contributed by atoms with E-state index in [-0.39, 0.29) is 11.3 Å². The molecule has 1 aliphatic rings. The smallest absolute Gasteiger partial charge is 0.295 e. The van der Waals surface area contributed by atoms with Gasteiger partial charge in [0.25, 0.3) is 11.7 Å². The van der Waals surface area contributed by atoms with Crippen molar-refractivity contribution in [3.8, 4) is 5.75 Å². The minimum absolute atomic E-state index is 0.0344. The maximum atomic E-state index is 13.7. The van der Waals surface area contributed by atoms with E-state index in [0.29, 0.717) is 23.4 Å². The van der Waals surface area contributed by atoms with Crippen molar-refractivity contribution in [3.63, 3.8) is 0 Å². The summed E-state index contributed by atoms with van der Waals surface area (Å²) in [6.45, 7) is 2.66. The number of ether oxygens (including phenoxy) is 1. The molecule has 1 N–H and O–H groups in total. The Hall–Kier alpha value is -3.15. The molecule has 0 aromatic heterocycles. The normalized spacial score (nSPS) is 16.6. The number of unbranched alkanes of at least 4 members (excludes halogenated alkanes) is 13. The molecule has 1 amide bonds. The van der Waals surface area contributed by atoms with E-state index < -0.39 is 23.5 Å². The van der Waals surface area contributed by atoms with Gasteiger partial charge < -0.3 is 14.7 Å². The molecule has 6 heteroatoms. The molecule has 0 radical (unpaired) electrons. The van der Waals surface area contributed by atoms with E-state index in [0.717, 1.165) is 19.3 Å². The van der Waals surface area contributed by atoms with Crippen LogP contribution in [0.1, 0.15) is 114 Å². The van der Waals surface area contributed by atoms with Crippen molar-refractivity contribution in [2.24, 2.45) is 0 Å². The van der Waals surface area contributed by atoms with Crippen LogP contribution in [0.25, 0.3) is 5.76 Å². The first-order valence-corrected chi connectivity index (χ1v) is 15.2. The number of hydrogen-bond donors (Lipinski definition) is 1. The Bertz CT molecular complexity index is 1090. The summed E-state index contributed by atoms with van der Waals surface area (Å²) in [6, 6.07) is 11.7. The first-order valence-electron chi connectivity index (χ1n) is 15.2. The highest BCUT2D eigenvalue weighted by Crippen LogP contribution is 2.39. The number of ketones is 1. The number of halogens is 1. The average molecular weight is 552 g/mol. The second kappa shape index (κ2) is 16.8. The highest BCUT2D eigenvalue weighted by Gasteiger charge is 2.45. The van der Waals surface area contributed by atoms with E-state index in [1.54, 1.807) is 43.5 Å². The Morgan fingerprint density at radius 1 is 0.775 bits per heavy atom. The lowest BCUT2D eigenvalue weighted by Crippen LogP contribution is -2.30. The Labute approximate surface area is 239 Å². The minimum atomic E-state index is -0.760. The summed E-state index contributed by atoms with van der Waals surface area (Å²) in [4.78, 5) is 27.8. The maximum absolute atomic E-state index is 13.7. The van der Waals surface area contributed by atoms with Crippen LogP contribution in [0.4, 0.5) is 4.39 Å². The lowest BCUT2D eigenvalue weighted by molar-refractivity contribution is -0.139. The number of aliphatic hydroxyl groups is 1. The van der Waals surface area contributed by atoms with Crippen LogP contribution in [0.15, 0.2) is 54.1 Å². The zero-order valence-electron chi connectivity index (χ0n) is 24.3. The summed E-state index contributed by atoms with van der Waals surface area (Å²) in [5, 5.41) is 11.1. The summed E-state index contributed by atoms with van der Waals surface area (Å²) in [6.07, 6.45) is 17.3. The van der Waals surface area contributed by atoms with Crippen LogP contribution in [-0.4, -0.2) is 35.4 Å². The SMILES string of the molecule is CCCCCCCCCCCCCCCCN1C(=O)C(=O)C(=C(O)c2ccc(OC)cc2)[C@@H]1c1ccc(F)cc1. The number of rotatable bonds is 18. The lowest BCUT2D eigenvalue weighted by atomic mass is 9.95. The molecule has 1 atom stereocenters. The van der Waals surface area contributed by atoms with Gasteiger partial charge in [0.1, 0.15) is 17.3 Å². The highest BCUT2D eigenvalue weighted by atomic mass is 19.1. The molecule has 0 spiro atoms. The number of nitrogens with zero attached hydrogens (tertiary/aromatic N) is 1. The van der Waals surface area contributed by atoms with E-state index in [1.807, 2.05) is 0 Å². The third kappa shape index (κ3) is 8.94. The average Bonchev–Trinajstić information content (AvgIpc) is 3.22. The fourth-order valence-corrected chi connectivity index (χ4v) is 5.48. The molecular weight excluding hydrogens is 505 g/mol. The molecular formula is C34H46FNO4. The Morgan fingerprint density at radius 2 is 1.27 bits per heavy atom. The van der Waals surface area contributed by atoms with Crippen LogP contribution < -0.4 is 4.74 Å². The van der Waals surface area contributed by atoms with Crippen molar-refractivity contribution in [1.82, 2.24) is 4.90 Å². The van der Waals surface area contributed by atoms with E-state index in [9.17, 15) is 19.1 Å². The van der Waals surface area contributed by atoms with Gasteiger partial charge in [-0.1, -0.05) is 103 Å². The van der Waals surface area contributed by atoms with Gasteiger partial charge in [0.05, 0.1) is 18.7 Å². The third-order valence-corrected chi connectivity index (χ3v) is 7.84. The van der Waals surface area contributed by atoms with Crippen molar-refractivity contribution in [2.75, 3.05) is 13.7 Å². The largest absolute Gasteiger partial charge is 0.507 e. The highest BCUT2D eigenvalue weighted by molar-refractivity contribution is 6.46. The third-order valence-electron chi connectivity index (χ3n) is 7.84. The monoisotopic (exact) mass is 551 g/mol. The van der Waals surface area contributed by atoms with Gasteiger partial charge in [-0.25, -0.2) is 4.39 Å². The Morgan fingerprint density at radius 3 is 1.77 bits per heavy atom. The molecule has 1 saturated heterocycles. The van der Waals surface area contributed by atoms with Gasteiger partial charge in [-0.15, -0.1) is 0 Å². The van der Waals surface area contributed by atoms with E-state index >= 15 is 0 Å². The minimum Gasteiger partial charge on any atom is -0.507 e. The van der Waals surface area contributed by atoms with Gasteiger partial charge in [0.2, 0.25) is 0 Å². The first kappa shape index (κ1) is 31.4. The van der Waals surface area contributed by atoms with E-state index in [4.69, 9.17) is 4.74 Å². The van der Waals surface area contributed by atoms with Crippen LogP contribution in [-0.2, 0) is 9.59 Å². The molecule has 1 heterocycles. The van der Waals surface area contributed by atoms with Crippen molar-refractivity contribution >= 4 is 17.4 Å². The number of aliphatic hydroxyl groups excluding tert-OH is 1.